The van der Waals surface area contributed by atoms with Crippen LogP contribution < -0.4 is 4.31 Å². The molecule has 31 heavy (non-hydrogen) atoms. The molecule has 0 spiro atoms. The number of likely N-dealkylation sites (tertiary alicyclic amines) is 1. The average molecular weight is 445 g/mol. The van der Waals surface area contributed by atoms with Crippen molar-refractivity contribution in [2.24, 2.45) is 5.92 Å². The van der Waals surface area contributed by atoms with E-state index in [4.69, 9.17) is 4.74 Å². The lowest BCUT2D eigenvalue weighted by Crippen LogP contribution is -2.40. The van der Waals surface area contributed by atoms with Gasteiger partial charge >= 0.3 is 5.97 Å². The summed E-state index contributed by atoms with van der Waals surface area (Å²) in [7, 11) is -2.26. The number of hydrogen-bond donors (Lipinski definition) is 0. The number of benzene rings is 2. The Bertz CT molecular complexity index is 1040. The molecule has 0 radical (unpaired) electrons. The minimum atomic E-state index is -3.75. The summed E-state index contributed by atoms with van der Waals surface area (Å²) in [5.74, 6) is -0.561. The summed E-state index contributed by atoms with van der Waals surface area (Å²) in [6.45, 7) is 4.86. The average Bonchev–Trinajstić information content (AvgIpc) is 2.79. The lowest BCUT2D eigenvalue weighted by molar-refractivity contribution is -0.149. The highest BCUT2D eigenvalue weighted by Gasteiger charge is 2.29. The lowest BCUT2D eigenvalue weighted by Gasteiger charge is -2.31. The Labute approximate surface area is 183 Å². The van der Waals surface area contributed by atoms with Gasteiger partial charge in [-0.05, 0) is 56.5 Å². The highest BCUT2D eigenvalue weighted by molar-refractivity contribution is 7.92. The second-order valence-electron chi connectivity index (χ2n) is 7.61. The largest absolute Gasteiger partial charge is 0.466 e. The first-order valence-corrected chi connectivity index (χ1v) is 11.8. The maximum Gasteiger partial charge on any atom is 0.309 e. The third kappa shape index (κ3) is 4.90. The molecule has 2 aromatic carbocycles. The van der Waals surface area contributed by atoms with Crippen LogP contribution >= 0.6 is 0 Å². The summed E-state index contributed by atoms with van der Waals surface area (Å²) in [6, 6.07) is 13.3. The van der Waals surface area contributed by atoms with Gasteiger partial charge < -0.3 is 9.64 Å². The third-order valence-corrected chi connectivity index (χ3v) is 7.38. The molecule has 0 atom stereocenters. The number of carbonyl (C=O) groups is 2. The Morgan fingerprint density at radius 1 is 1.10 bits per heavy atom. The molecular formula is C23H28N2O5S. The molecule has 3 rings (SSSR count). The number of aryl methyl sites for hydroxylation is 1. The molecule has 0 bridgehead atoms. The Morgan fingerprint density at radius 3 is 2.35 bits per heavy atom. The van der Waals surface area contributed by atoms with E-state index in [-0.39, 0.29) is 22.7 Å². The minimum Gasteiger partial charge on any atom is -0.466 e. The second-order valence-corrected chi connectivity index (χ2v) is 9.57. The molecule has 1 heterocycles. The van der Waals surface area contributed by atoms with Gasteiger partial charge in [0.2, 0.25) is 0 Å². The normalized spacial score (nSPS) is 14.9. The second kappa shape index (κ2) is 9.51. The smallest absolute Gasteiger partial charge is 0.309 e. The molecule has 0 N–H and O–H groups in total. The lowest BCUT2D eigenvalue weighted by atomic mass is 9.96. The molecule has 0 aromatic heterocycles. The van der Waals surface area contributed by atoms with Gasteiger partial charge in [-0.15, -0.1) is 0 Å². The van der Waals surface area contributed by atoms with Gasteiger partial charge in [-0.3, -0.25) is 13.9 Å². The first kappa shape index (κ1) is 22.8. The molecule has 7 nitrogen and oxygen atoms in total. The number of rotatable bonds is 6. The van der Waals surface area contributed by atoms with Gasteiger partial charge in [-0.25, -0.2) is 8.42 Å². The zero-order chi connectivity index (χ0) is 22.6. The van der Waals surface area contributed by atoms with Crippen molar-refractivity contribution in [1.82, 2.24) is 4.90 Å². The van der Waals surface area contributed by atoms with E-state index in [1.165, 1.54) is 11.4 Å². The van der Waals surface area contributed by atoms with Gasteiger partial charge in [-0.2, -0.15) is 0 Å². The number of piperidine rings is 1. The fraction of sp³-hybridized carbons (Fsp3) is 0.391. The first-order valence-electron chi connectivity index (χ1n) is 10.4. The third-order valence-electron chi connectivity index (χ3n) is 5.60. The Balaban J connectivity index is 1.78. The van der Waals surface area contributed by atoms with Crippen LogP contribution in [0.25, 0.3) is 0 Å². The van der Waals surface area contributed by atoms with E-state index in [0.29, 0.717) is 43.8 Å². The van der Waals surface area contributed by atoms with Crippen LogP contribution in [0.2, 0.25) is 0 Å². The van der Waals surface area contributed by atoms with Crippen molar-refractivity contribution in [3.63, 3.8) is 0 Å². The van der Waals surface area contributed by atoms with Crippen molar-refractivity contribution in [3.8, 4) is 0 Å². The summed E-state index contributed by atoms with van der Waals surface area (Å²) in [5.41, 5.74) is 1.63. The fourth-order valence-electron chi connectivity index (χ4n) is 3.72. The molecule has 0 unspecified atom stereocenters. The van der Waals surface area contributed by atoms with Crippen LogP contribution in [-0.2, 0) is 19.6 Å². The molecule has 166 valence electrons. The van der Waals surface area contributed by atoms with Crippen LogP contribution in [0.3, 0.4) is 0 Å². The standard InChI is InChI=1S/C23H28N2O5S/c1-4-30-23(27)18-12-14-25(15-13-18)22(26)19-11-10-17(2)21(16-19)24(3)31(28,29)20-8-6-5-7-9-20/h5-11,16,18H,4,12-15H2,1-3H3. The zero-order valence-electron chi connectivity index (χ0n) is 18.1. The molecule has 1 amide bonds. The van der Waals surface area contributed by atoms with Gasteiger partial charge in [0.15, 0.2) is 0 Å². The molecular weight excluding hydrogens is 416 g/mol. The van der Waals surface area contributed by atoms with Gasteiger partial charge in [0.05, 0.1) is 23.1 Å². The SMILES string of the molecule is CCOC(=O)C1CCN(C(=O)c2ccc(C)c(N(C)S(=O)(=O)c3ccccc3)c2)CC1. The van der Waals surface area contributed by atoms with E-state index < -0.39 is 10.0 Å². The fourth-order valence-corrected chi connectivity index (χ4v) is 5.00. The molecule has 2 aromatic rings. The van der Waals surface area contributed by atoms with E-state index in [2.05, 4.69) is 0 Å². The van der Waals surface area contributed by atoms with Crippen molar-refractivity contribution >= 4 is 27.6 Å². The van der Waals surface area contributed by atoms with Crippen molar-refractivity contribution in [2.45, 2.75) is 31.6 Å². The summed E-state index contributed by atoms with van der Waals surface area (Å²) < 4.78 is 32.3. The predicted molar refractivity (Wildman–Crippen MR) is 118 cm³/mol. The van der Waals surface area contributed by atoms with Crippen molar-refractivity contribution in [3.05, 3.63) is 59.7 Å². The zero-order valence-corrected chi connectivity index (χ0v) is 18.9. The van der Waals surface area contributed by atoms with Crippen molar-refractivity contribution < 1.29 is 22.7 Å². The molecule has 1 fully saturated rings. The highest BCUT2D eigenvalue weighted by atomic mass is 32.2. The quantitative estimate of drug-likeness (QED) is 0.639. The van der Waals surface area contributed by atoms with Crippen LogP contribution in [0, 0.1) is 12.8 Å². The molecule has 1 aliphatic heterocycles. The van der Waals surface area contributed by atoms with E-state index in [9.17, 15) is 18.0 Å². The molecule has 8 heteroatoms. The molecule has 1 saturated heterocycles. The van der Waals surface area contributed by atoms with Gasteiger partial charge in [-0.1, -0.05) is 24.3 Å². The number of nitrogens with zero attached hydrogens (tertiary/aromatic N) is 2. The summed E-state index contributed by atoms with van der Waals surface area (Å²) >= 11 is 0. The summed E-state index contributed by atoms with van der Waals surface area (Å²) in [5, 5.41) is 0. The van der Waals surface area contributed by atoms with E-state index >= 15 is 0 Å². The maximum atomic E-state index is 13.0. The first-order chi connectivity index (χ1) is 14.8. The monoisotopic (exact) mass is 444 g/mol. The van der Waals surface area contributed by atoms with Crippen LogP contribution in [0.15, 0.2) is 53.4 Å². The Morgan fingerprint density at radius 2 is 1.74 bits per heavy atom. The topological polar surface area (TPSA) is 84.0 Å². The number of sulfonamides is 1. The highest BCUT2D eigenvalue weighted by Crippen LogP contribution is 2.28. The van der Waals surface area contributed by atoms with E-state index in [0.717, 1.165) is 5.56 Å². The Hall–Kier alpha value is -2.87. The van der Waals surface area contributed by atoms with Crippen LogP contribution in [-0.4, -0.2) is 51.9 Å². The summed E-state index contributed by atoms with van der Waals surface area (Å²) in [6.07, 6.45) is 1.12. The van der Waals surface area contributed by atoms with Gasteiger partial charge in [0.25, 0.3) is 15.9 Å². The molecule has 0 aliphatic carbocycles. The van der Waals surface area contributed by atoms with Crippen LogP contribution in [0.5, 0.6) is 0 Å². The van der Waals surface area contributed by atoms with E-state index in [1.807, 2.05) is 6.92 Å². The Kier molecular flexibility index (Phi) is 7.00. The maximum absolute atomic E-state index is 13.0. The number of carbonyl (C=O) groups excluding carboxylic acids is 2. The number of amides is 1. The van der Waals surface area contributed by atoms with Gasteiger partial charge in [0, 0.05) is 25.7 Å². The molecule has 1 aliphatic rings. The van der Waals surface area contributed by atoms with Crippen molar-refractivity contribution in [1.29, 1.82) is 0 Å². The van der Waals surface area contributed by atoms with Crippen LogP contribution in [0.4, 0.5) is 5.69 Å². The summed E-state index contributed by atoms with van der Waals surface area (Å²) in [4.78, 5) is 26.9. The van der Waals surface area contributed by atoms with E-state index in [1.54, 1.807) is 60.4 Å². The number of hydrogen-bond acceptors (Lipinski definition) is 5. The number of ether oxygens (including phenoxy) is 1. The van der Waals surface area contributed by atoms with Gasteiger partial charge in [0.1, 0.15) is 0 Å². The predicted octanol–water partition coefficient (Wildman–Crippen LogP) is 3.24. The van der Waals surface area contributed by atoms with Crippen molar-refractivity contribution in [2.75, 3.05) is 31.0 Å². The number of anilines is 1. The number of esters is 1. The van der Waals surface area contributed by atoms with Crippen LogP contribution in [0.1, 0.15) is 35.7 Å². The minimum absolute atomic E-state index is 0.172. The molecule has 0 saturated carbocycles.